The average molecular weight is 456 g/mol. The molecule has 1 N–H and O–H groups in total. The number of alkyl halides is 3. The second-order valence-electron chi connectivity index (χ2n) is 7.08. The first kappa shape index (κ1) is 22.1. The summed E-state index contributed by atoms with van der Waals surface area (Å²) in [5.74, 6) is -0.196. The van der Waals surface area contributed by atoms with Crippen molar-refractivity contribution in [1.82, 2.24) is 14.7 Å². The van der Waals surface area contributed by atoms with Gasteiger partial charge in [-0.05, 0) is 54.4 Å². The van der Waals surface area contributed by atoms with Gasteiger partial charge in [0.15, 0.2) is 0 Å². The van der Waals surface area contributed by atoms with Gasteiger partial charge in [0, 0.05) is 17.4 Å². The molecule has 0 saturated heterocycles. The van der Waals surface area contributed by atoms with E-state index in [4.69, 9.17) is 4.52 Å². The molecule has 0 spiro atoms. The summed E-state index contributed by atoms with van der Waals surface area (Å²) in [6, 6.07) is 16.2. The monoisotopic (exact) mass is 456 g/mol. The van der Waals surface area contributed by atoms with Crippen LogP contribution in [0.1, 0.15) is 12.5 Å². The minimum absolute atomic E-state index is 0.0293. The molecule has 2 heterocycles. The molecule has 2 aromatic heterocycles. The van der Waals surface area contributed by atoms with Crippen LogP contribution in [0.15, 0.2) is 71.4 Å². The fourth-order valence-corrected chi connectivity index (χ4v) is 3.29. The van der Waals surface area contributed by atoms with Gasteiger partial charge < -0.3 is 19.1 Å². The molecule has 170 valence electrons. The van der Waals surface area contributed by atoms with E-state index in [1.165, 1.54) is 24.3 Å². The third kappa shape index (κ3) is 5.40. The van der Waals surface area contributed by atoms with E-state index in [9.17, 15) is 18.0 Å². The van der Waals surface area contributed by atoms with Gasteiger partial charge in [0.25, 0.3) is 5.89 Å². The number of hydrogen-bond acceptors (Lipinski definition) is 5. The second kappa shape index (κ2) is 9.19. The Kier molecular flexibility index (Phi) is 6.16. The van der Waals surface area contributed by atoms with E-state index < -0.39 is 6.36 Å². The number of nitrogens with one attached hydrogen (secondary N) is 1. The summed E-state index contributed by atoms with van der Waals surface area (Å²) in [6.45, 7) is 2.04. The van der Waals surface area contributed by atoms with Crippen molar-refractivity contribution in [2.45, 2.75) is 26.3 Å². The average Bonchev–Trinajstić information content (AvgIpc) is 3.43. The fourth-order valence-electron chi connectivity index (χ4n) is 3.29. The Bertz CT molecular complexity index is 1250. The number of nitrogens with zero attached hydrogens (tertiary/aromatic N) is 3. The zero-order chi connectivity index (χ0) is 23.4. The topological polar surface area (TPSA) is 82.2 Å². The van der Waals surface area contributed by atoms with Crippen LogP contribution in [0.2, 0.25) is 0 Å². The van der Waals surface area contributed by atoms with E-state index in [1.54, 1.807) is 22.9 Å². The summed E-state index contributed by atoms with van der Waals surface area (Å²) >= 11 is 0. The lowest BCUT2D eigenvalue weighted by Gasteiger charge is -2.11. The van der Waals surface area contributed by atoms with Gasteiger partial charge in [-0.1, -0.05) is 30.3 Å². The molecule has 10 heteroatoms. The maximum atomic E-state index is 12.6. The minimum Gasteiger partial charge on any atom is -0.406 e. The van der Waals surface area contributed by atoms with Crippen LogP contribution < -0.4 is 10.1 Å². The van der Waals surface area contributed by atoms with Crippen molar-refractivity contribution < 1.29 is 27.2 Å². The van der Waals surface area contributed by atoms with E-state index in [0.717, 1.165) is 17.7 Å². The molecule has 1 amide bonds. The van der Waals surface area contributed by atoms with E-state index in [-0.39, 0.29) is 29.9 Å². The molecule has 4 aromatic rings. The molecule has 0 saturated carbocycles. The Morgan fingerprint density at radius 2 is 1.85 bits per heavy atom. The fraction of sp³-hybridized carbons (Fsp3) is 0.174. The summed E-state index contributed by atoms with van der Waals surface area (Å²) in [7, 11) is 0. The summed E-state index contributed by atoms with van der Waals surface area (Å²) in [5, 5.41) is 6.81. The number of halogens is 3. The van der Waals surface area contributed by atoms with Crippen molar-refractivity contribution in [3.63, 3.8) is 0 Å². The highest BCUT2D eigenvalue weighted by Crippen LogP contribution is 2.27. The quantitative estimate of drug-likeness (QED) is 0.408. The Balaban J connectivity index is 1.48. The predicted octanol–water partition coefficient (Wildman–Crippen LogP) is 5.30. The van der Waals surface area contributed by atoms with Crippen LogP contribution in [-0.4, -0.2) is 27.0 Å². The number of rotatable bonds is 7. The molecule has 0 atom stereocenters. The normalized spacial score (nSPS) is 11.4. The van der Waals surface area contributed by atoms with Crippen LogP contribution in [0.4, 0.5) is 18.9 Å². The maximum Gasteiger partial charge on any atom is 0.573 e. The Labute approximate surface area is 186 Å². The number of carbonyl (C=O) groups excluding carboxylic acids is 1. The smallest absolute Gasteiger partial charge is 0.406 e. The Hall–Kier alpha value is -4.08. The van der Waals surface area contributed by atoms with E-state index in [0.29, 0.717) is 11.3 Å². The lowest BCUT2D eigenvalue weighted by Crippen LogP contribution is -2.19. The predicted molar refractivity (Wildman–Crippen MR) is 114 cm³/mol. The number of anilines is 1. The zero-order valence-corrected chi connectivity index (χ0v) is 17.5. The first-order valence-corrected chi connectivity index (χ1v) is 10.1. The molecule has 0 unspecified atom stereocenters. The van der Waals surface area contributed by atoms with Gasteiger partial charge in [0.1, 0.15) is 18.0 Å². The number of aromatic nitrogens is 3. The van der Waals surface area contributed by atoms with E-state index >= 15 is 0 Å². The van der Waals surface area contributed by atoms with Gasteiger partial charge >= 0.3 is 6.36 Å². The molecule has 2 aromatic carbocycles. The van der Waals surface area contributed by atoms with Crippen molar-refractivity contribution >= 4 is 11.6 Å². The number of benzene rings is 2. The Morgan fingerprint density at radius 1 is 1.09 bits per heavy atom. The molecule has 0 fully saturated rings. The largest absolute Gasteiger partial charge is 0.573 e. The van der Waals surface area contributed by atoms with Crippen molar-refractivity contribution in [3.05, 3.63) is 72.4 Å². The molecule has 7 nitrogen and oxygen atoms in total. The summed E-state index contributed by atoms with van der Waals surface area (Å²) < 4.78 is 47.8. The number of ether oxygens (including phenoxy) is 1. The van der Waals surface area contributed by atoms with Crippen molar-refractivity contribution in [3.8, 4) is 28.7 Å². The summed E-state index contributed by atoms with van der Waals surface area (Å²) in [4.78, 5) is 16.9. The highest BCUT2D eigenvalue weighted by molar-refractivity contribution is 5.91. The van der Waals surface area contributed by atoms with Gasteiger partial charge in [0.05, 0.1) is 0 Å². The van der Waals surface area contributed by atoms with Crippen molar-refractivity contribution in [1.29, 1.82) is 0 Å². The molecule has 4 rings (SSSR count). The summed E-state index contributed by atoms with van der Waals surface area (Å²) in [6.07, 6.45) is -2.26. The molecular formula is C23H19F3N4O3. The van der Waals surface area contributed by atoms with Crippen LogP contribution in [0.3, 0.4) is 0 Å². The highest BCUT2D eigenvalue weighted by Gasteiger charge is 2.31. The van der Waals surface area contributed by atoms with Gasteiger partial charge in [-0.15, -0.1) is 13.2 Å². The molecule has 0 radical (unpaired) electrons. The van der Waals surface area contributed by atoms with Crippen LogP contribution >= 0.6 is 0 Å². The van der Waals surface area contributed by atoms with E-state index in [2.05, 4.69) is 20.2 Å². The maximum absolute atomic E-state index is 12.6. The van der Waals surface area contributed by atoms with Crippen LogP contribution in [0.25, 0.3) is 23.0 Å². The molecule has 0 bridgehead atoms. The first-order chi connectivity index (χ1) is 15.8. The number of aryl methyl sites for hydroxylation is 1. The van der Waals surface area contributed by atoms with Crippen LogP contribution in [-0.2, 0) is 17.8 Å². The lowest BCUT2D eigenvalue weighted by molar-refractivity contribution is -0.274. The van der Waals surface area contributed by atoms with Crippen LogP contribution in [0, 0.1) is 0 Å². The van der Waals surface area contributed by atoms with Crippen molar-refractivity contribution in [2.75, 3.05) is 5.32 Å². The third-order valence-electron chi connectivity index (χ3n) is 4.81. The zero-order valence-electron chi connectivity index (χ0n) is 17.5. The lowest BCUT2D eigenvalue weighted by atomic mass is 10.1. The van der Waals surface area contributed by atoms with E-state index in [1.807, 2.05) is 31.2 Å². The molecular weight excluding hydrogens is 437 g/mol. The molecule has 0 aliphatic rings. The Morgan fingerprint density at radius 3 is 2.58 bits per heavy atom. The van der Waals surface area contributed by atoms with Gasteiger partial charge in [0.2, 0.25) is 11.7 Å². The summed E-state index contributed by atoms with van der Waals surface area (Å²) in [5.41, 5.74) is 2.78. The second-order valence-corrected chi connectivity index (χ2v) is 7.08. The number of carbonyl (C=O) groups is 1. The standard InChI is InChI=1S/C23H19F3N4O3/c1-2-15-6-3-4-7-18(15)27-20(31)14-30-13-5-8-19(30)22-28-21(29-33-22)16-9-11-17(12-10-16)32-23(24,25)26/h3-13H,2,14H2,1H3,(H,27,31). The molecule has 33 heavy (non-hydrogen) atoms. The first-order valence-electron chi connectivity index (χ1n) is 10.1. The van der Waals surface area contributed by atoms with Gasteiger partial charge in [-0.25, -0.2) is 0 Å². The van der Waals surface area contributed by atoms with Crippen LogP contribution in [0.5, 0.6) is 5.75 Å². The van der Waals surface area contributed by atoms with Gasteiger partial charge in [-0.3, -0.25) is 4.79 Å². The molecule has 0 aliphatic heterocycles. The minimum atomic E-state index is -4.77. The van der Waals surface area contributed by atoms with Gasteiger partial charge in [-0.2, -0.15) is 4.98 Å². The number of para-hydroxylation sites is 1. The SMILES string of the molecule is CCc1ccccc1NC(=O)Cn1cccc1-c1nc(-c2ccc(OC(F)(F)F)cc2)no1. The highest BCUT2D eigenvalue weighted by atomic mass is 19.4. The number of amides is 1. The van der Waals surface area contributed by atoms with Crippen molar-refractivity contribution in [2.24, 2.45) is 0 Å². The third-order valence-corrected chi connectivity index (χ3v) is 4.81. The molecule has 0 aliphatic carbocycles. The number of hydrogen-bond donors (Lipinski definition) is 1.